The van der Waals surface area contributed by atoms with Crippen LogP contribution in [0.15, 0.2) is 22.7 Å². The van der Waals surface area contributed by atoms with Gasteiger partial charge in [0.05, 0.1) is 0 Å². The number of piperidine rings is 2. The second-order valence-corrected chi connectivity index (χ2v) is 11.9. The lowest BCUT2D eigenvalue weighted by atomic mass is 9.93. The Morgan fingerprint density at radius 3 is 2.39 bits per heavy atom. The van der Waals surface area contributed by atoms with Crippen LogP contribution >= 0.6 is 0 Å². The number of ether oxygens (including phenoxy) is 1. The molecule has 2 aromatic heterocycles. The van der Waals surface area contributed by atoms with Crippen LogP contribution in [0, 0.1) is 5.82 Å². The summed E-state index contributed by atoms with van der Waals surface area (Å²) >= 11 is 0. The second-order valence-electron chi connectivity index (χ2n) is 11.9. The predicted molar refractivity (Wildman–Crippen MR) is 139 cm³/mol. The van der Waals surface area contributed by atoms with Gasteiger partial charge in [-0.05, 0) is 84.6 Å². The molecule has 1 aromatic carbocycles. The monoisotopic (exact) mass is 528 g/mol. The highest BCUT2D eigenvalue weighted by atomic mass is 19.1. The van der Waals surface area contributed by atoms with E-state index >= 15 is 0 Å². The van der Waals surface area contributed by atoms with Gasteiger partial charge < -0.3 is 24.2 Å². The molecule has 206 valence electrons. The number of carbonyl (C=O) groups excluding carboxylic acids is 1. The molecule has 11 heteroatoms. The van der Waals surface area contributed by atoms with E-state index in [9.17, 15) is 14.3 Å². The fraction of sp³-hybridized carbons (Fsp3) is 0.630. The van der Waals surface area contributed by atoms with E-state index in [-0.39, 0.29) is 23.5 Å². The number of rotatable bonds is 4. The number of halogens is 1. The van der Waals surface area contributed by atoms with Gasteiger partial charge in [-0.15, -0.1) is 0 Å². The Kier molecular flexibility index (Phi) is 6.93. The van der Waals surface area contributed by atoms with Gasteiger partial charge in [-0.1, -0.05) is 12.1 Å². The van der Waals surface area contributed by atoms with Crippen molar-refractivity contribution >= 4 is 17.0 Å². The molecule has 2 saturated heterocycles. The number of amides is 1. The first-order chi connectivity index (χ1) is 17.9. The quantitative estimate of drug-likeness (QED) is 0.532. The Morgan fingerprint density at radius 1 is 1.08 bits per heavy atom. The number of aromatic nitrogens is 4. The summed E-state index contributed by atoms with van der Waals surface area (Å²) in [6.07, 6.45) is 3.36. The molecular formula is C27H37FN6O4. The van der Waals surface area contributed by atoms with Gasteiger partial charge in [0.25, 0.3) is 5.95 Å². The molecule has 2 aliphatic rings. The molecule has 10 nitrogen and oxygen atoms in total. The van der Waals surface area contributed by atoms with Crippen LogP contribution in [-0.2, 0) is 10.3 Å². The fourth-order valence-electron chi connectivity index (χ4n) is 5.45. The highest BCUT2D eigenvalue weighted by Crippen LogP contribution is 2.33. The number of para-hydroxylation sites is 1. The summed E-state index contributed by atoms with van der Waals surface area (Å²) in [5.41, 5.74) is -1.19. The topological polar surface area (TPSA) is 110 Å². The first kappa shape index (κ1) is 26.6. The molecule has 1 N–H and O–H groups in total. The Bertz CT molecular complexity index is 1290. The van der Waals surface area contributed by atoms with Crippen LogP contribution < -0.4 is 0 Å². The van der Waals surface area contributed by atoms with Crippen molar-refractivity contribution in [1.82, 2.24) is 29.7 Å². The zero-order valence-electron chi connectivity index (χ0n) is 22.8. The van der Waals surface area contributed by atoms with E-state index in [2.05, 4.69) is 20.1 Å². The smallest absolute Gasteiger partial charge is 0.410 e. The number of hydrogen-bond donors (Lipinski definition) is 1. The molecule has 0 unspecified atom stereocenters. The number of nitrogens with zero attached hydrogens (tertiary/aromatic N) is 6. The predicted octanol–water partition coefficient (Wildman–Crippen LogP) is 4.35. The fourth-order valence-corrected chi connectivity index (χ4v) is 5.45. The maximum absolute atomic E-state index is 14.8. The number of likely N-dealkylation sites (tertiary alicyclic amines) is 2. The Hall–Kier alpha value is -3.05. The van der Waals surface area contributed by atoms with Crippen LogP contribution in [0.3, 0.4) is 0 Å². The van der Waals surface area contributed by atoms with Gasteiger partial charge in [-0.2, -0.15) is 14.8 Å². The highest BCUT2D eigenvalue weighted by molar-refractivity contribution is 5.84. The summed E-state index contributed by atoms with van der Waals surface area (Å²) < 4.78 is 27.2. The summed E-state index contributed by atoms with van der Waals surface area (Å²) in [5.74, 6) is 0.310. The van der Waals surface area contributed by atoms with Crippen LogP contribution in [0.5, 0.6) is 0 Å². The van der Waals surface area contributed by atoms with Gasteiger partial charge in [0.15, 0.2) is 0 Å². The maximum Gasteiger partial charge on any atom is 0.410 e. The second kappa shape index (κ2) is 9.92. The molecule has 0 bridgehead atoms. The molecule has 2 aliphatic heterocycles. The van der Waals surface area contributed by atoms with Crippen molar-refractivity contribution in [2.24, 2.45) is 0 Å². The largest absolute Gasteiger partial charge is 0.444 e. The first-order valence-electron chi connectivity index (χ1n) is 13.4. The standard InChI is InChI=1S/C27H37FN6O4/c1-26(2,3)37-25(35)33-15-11-18(12-16-33)32-13-9-17(10-14-32)23-29-24(31-38-23)34-21-19(7-6-8-20(21)28)22(30-34)27(4,5)36/h6-8,17-18,36H,9-16H2,1-5H3. The van der Waals surface area contributed by atoms with Crippen molar-refractivity contribution in [3.05, 3.63) is 35.6 Å². The minimum absolute atomic E-state index is 0.106. The molecule has 0 saturated carbocycles. The van der Waals surface area contributed by atoms with E-state index in [4.69, 9.17) is 9.26 Å². The minimum atomic E-state index is -1.26. The first-order valence-corrected chi connectivity index (χ1v) is 13.4. The van der Waals surface area contributed by atoms with E-state index in [1.54, 1.807) is 30.9 Å². The third kappa shape index (κ3) is 5.40. The molecule has 3 aromatic rings. The van der Waals surface area contributed by atoms with E-state index in [1.807, 2.05) is 20.8 Å². The molecule has 1 amide bonds. The van der Waals surface area contributed by atoms with Crippen LogP contribution in [0.2, 0.25) is 0 Å². The van der Waals surface area contributed by atoms with Gasteiger partial charge in [0.1, 0.15) is 28.2 Å². The average molecular weight is 529 g/mol. The van der Waals surface area contributed by atoms with Gasteiger partial charge >= 0.3 is 6.09 Å². The van der Waals surface area contributed by atoms with Crippen LogP contribution in [0.1, 0.15) is 77.8 Å². The number of aliphatic hydroxyl groups is 1. The SMILES string of the molecule is CC(C)(C)OC(=O)N1CCC(N2CCC(c3nc(-n4nc(C(C)(C)O)c5cccc(F)c54)no3)CC2)CC1. The van der Waals surface area contributed by atoms with Gasteiger partial charge in [0, 0.05) is 30.4 Å². The number of hydrogen-bond acceptors (Lipinski definition) is 8. The molecule has 5 rings (SSSR count). The summed E-state index contributed by atoms with van der Waals surface area (Å²) in [4.78, 5) is 21.3. The highest BCUT2D eigenvalue weighted by Gasteiger charge is 2.34. The van der Waals surface area contributed by atoms with Crippen LogP contribution in [0.25, 0.3) is 16.9 Å². The van der Waals surface area contributed by atoms with Gasteiger partial charge in [-0.25, -0.2) is 9.18 Å². The lowest BCUT2D eigenvalue weighted by Gasteiger charge is -2.41. The molecule has 2 fully saturated rings. The summed E-state index contributed by atoms with van der Waals surface area (Å²) in [6, 6.07) is 5.11. The maximum atomic E-state index is 14.8. The lowest BCUT2D eigenvalue weighted by molar-refractivity contribution is 0.0124. The van der Waals surface area contributed by atoms with Crippen molar-refractivity contribution in [2.45, 2.75) is 83.5 Å². The molecule has 38 heavy (non-hydrogen) atoms. The van der Waals surface area contributed by atoms with Crippen molar-refractivity contribution < 1.29 is 23.6 Å². The average Bonchev–Trinajstić information content (AvgIpc) is 3.49. The van der Waals surface area contributed by atoms with Gasteiger partial charge in [-0.3, -0.25) is 0 Å². The Balaban J connectivity index is 1.22. The van der Waals surface area contributed by atoms with Gasteiger partial charge in [0.2, 0.25) is 5.89 Å². The van der Waals surface area contributed by atoms with E-state index in [1.165, 1.54) is 10.7 Å². The van der Waals surface area contributed by atoms with E-state index in [0.29, 0.717) is 36.1 Å². The van der Waals surface area contributed by atoms with Crippen molar-refractivity contribution in [3.63, 3.8) is 0 Å². The normalized spacial score (nSPS) is 18.9. The minimum Gasteiger partial charge on any atom is -0.444 e. The van der Waals surface area contributed by atoms with Crippen LogP contribution in [0.4, 0.5) is 9.18 Å². The lowest BCUT2D eigenvalue weighted by Crippen LogP contribution is -2.49. The summed E-state index contributed by atoms with van der Waals surface area (Å²) in [6.45, 7) is 12.1. The zero-order valence-corrected chi connectivity index (χ0v) is 22.8. The molecule has 0 spiro atoms. The third-order valence-electron chi connectivity index (χ3n) is 7.37. The van der Waals surface area contributed by atoms with E-state index in [0.717, 1.165) is 38.8 Å². The molecule has 0 atom stereocenters. The van der Waals surface area contributed by atoms with Crippen molar-refractivity contribution in [2.75, 3.05) is 26.2 Å². The van der Waals surface area contributed by atoms with Crippen LogP contribution in [-0.4, -0.2) is 78.7 Å². The number of fused-ring (bicyclic) bond motifs is 1. The molecule has 4 heterocycles. The Labute approximate surface area is 221 Å². The zero-order chi connectivity index (χ0) is 27.2. The summed E-state index contributed by atoms with van der Waals surface area (Å²) in [7, 11) is 0. The number of benzene rings is 1. The third-order valence-corrected chi connectivity index (χ3v) is 7.37. The number of carbonyl (C=O) groups is 1. The molecular weight excluding hydrogens is 491 g/mol. The van der Waals surface area contributed by atoms with E-state index < -0.39 is 17.0 Å². The Morgan fingerprint density at radius 2 is 1.76 bits per heavy atom. The molecule has 0 radical (unpaired) electrons. The summed E-state index contributed by atoms with van der Waals surface area (Å²) in [5, 5.41) is 19.7. The van der Waals surface area contributed by atoms with Crippen molar-refractivity contribution in [3.8, 4) is 5.95 Å². The molecule has 0 aliphatic carbocycles. The van der Waals surface area contributed by atoms with Crippen molar-refractivity contribution in [1.29, 1.82) is 0 Å².